The van der Waals surface area contributed by atoms with Crippen molar-refractivity contribution in [3.8, 4) is 0 Å². The molecule has 1 aromatic carbocycles. The monoisotopic (exact) mass is 266 g/mol. The minimum atomic E-state index is 0.469. The summed E-state index contributed by atoms with van der Waals surface area (Å²) in [5, 5.41) is 0.738. The van der Waals surface area contributed by atoms with Gasteiger partial charge < -0.3 is 9.55 Å². The molecule has 0 saturated heterocycles. The Kier molecular flexibility index (Phi) is 2.39. The highest BCUT2D eigenvalue weighted by Gasteiger charge is 2.45. The van der Waals surface area contributed by atoms with E-state index >= 15 is 0 Å². The fraction of sp³-hybridized carbons (Fsp3) is 0.462. The molecule has 1 aromatic heterocycles. The van der Waals surface area contributed by atoms with Gasteiger partial charge in [0, 0.05) is 6.54 Å². The highest BCUT2D eigenvalue weighted by atomic mass is 35.5. The fourth-order valence-corrected chi connectivity index (χ4v) is 2.93. The number of benzene rings is 1. The first-order valence-corrected chi connectivity index (χ1v) is 6.65. The van der Waals surface area contributed by atoms with Crippen molar-refractivity contribution < 1.29 is 0 Å². The molecule has 0 spiro atoms. The standard InChI is InChI=1S/C13H15ClN2S/c1-13(2)6-8(13)7-16-10-5-3-4-9(14)11(10)15-12(16)17/h3-5,8H,6-7H2,1-2H3,(H,15,17). The number of nitrogens with zero attached hydrogens (tertiary/aromatic N) is 1. The van der Waals surface area contributed by atoms with Crippen molar-refractivity contribution in [2.45, 2.75) is 26.8 Å². The second-order valence-electron chi connectivity index (χ2n) is 5.56. The maximum Gasteiger partial charge on any atom is 0.178 e. The van der Waals surface area contributed by atoms with Gasteiger partial charge in [-0.15, -0.1) is 0 Å². The largest absolute Gasteiger partial charge is 0.329 e. The number of rotatable bonds is 2. The third-order valence-electron chi connectivity index (χ3n) is 3.88. The number of halogens is 1. The van der Waals surface area contributed by atoms with Gasteiger partial charge in [-0.05, 0) is 42.1 Å². The SMILES string of the molecule is CC1(C)CC1Cn1c(=S)[nH]c2c(Cl)cccc21. The second kappa shape index (κ2) is 3.59. The summed E-state index contributed by atoms with van der Waals surface area (Å²) in [6.07, 6.45) is 1.28. The van der Waals surface area contributed by atoms with Crippen LogP contribution in [0.15, 0.2) is 18.2 Å². The molecule has 0 aliphatic heterocycles. The van der Waals surface area contributed by atoms with E-state index in [1.807, 2.05) is 12.1 Å². The molecule has 1 fully saturated rings. The van der Waals surface area contributed by atoms with Crippen LogP contribution in [0.5, 0.6) is 0 Å². The van der Waals surface area contributed by atoms with Gasteiger partial charge in [0.25, 0.3) is 0 Å². The van der Waals surface area contributed by atoms with Crippen LogP contribution in [0, 0.1) is 16.1 Å². The average molecular weight is 267 g/mol. The first-order chi connectivity index (χ1) is 7.99. The van der Waals surface area contributed by atoms with E-state index in [0.29, 0.717) is 5.41 Å². The van der Waals surface area contributed by atoms with Crippen LogP contribution >= 0.6 is 23.8 Å². The highest BCUT2D eigenvalue weighted by molar-refractivity contribution is 7.71. The lowest BCUT2D eigenvalue weighted by Crippen LogP contribution is -2.03. The molecule has 1 unspecified atom stereocenters. The number of imidazole rings is 1. The lowest BCUT2D eigenvalue weighted by Gasteiger charge is -2.06. The highest BCUT2D eigenvalue weighted by Crippen LogP contribution is 2.52. The van der Waals surface area contributed by atoms with Crippen LogP contribution in [0.3, 0.4) is 0 Å². The summed E-state index contributed by atoms with van der Waals surface area (Å²) in [5.74, 6) is 0.729. The molecule has 2 aromatic rings. The van der Waals surface area contributed by atoms with Gasteiger partial charge in [0.05, 0.1) is 16.1 Å². The molecule has 2 nitrogen and oxygen atoms in total. The van der Waals surface area contributed by atoms with Crippen molar-refractivity contribution in [2.24, 2.45) is 11.3 Å². The van der Waals surface area contributed by atoms with Crippen LogP contribution in [0.25, 0.3) is 11.0 Å². The first kappa shape index (κ1) is 11.3. The zero-order valence-corrected chi connectivity index (χ0v) is 11.5. The molecular weight excluding hydrogens is 252 g/mol. The van der Waals surface area contributed by atoms with E-state index in [-0.39, 0.29) is 0 Å². The third kappa shape index (κ3) is 1.81. The number of H-pyrrole nitrogens is 1. The summed E-state index contributed by atoms with van der Waals surface area (Å²) >= 11 is 11.5. The third-order valence-corrected chi connectivity index (χ3v) is 4.52. The Morgan fingerprint density at radius 3 is 2.88 bits per heavy atom. The topological polar surface area (TPSA) is 20.7 Å². The van der Waals surface area contributed by atoms with Crippen LogP contribution < -0.4 is 0 Å². The predicted molar refractivity (Wildman–Crippen MR) is 74.0 cm³/mol. The van der Waals surface area contributed by atoms with Crippen LogP contribution in [-0.4, -0.2) is 9.55 Å². The molecule has 1 heterocycles. The Morgan fingerprint density at radius 2 is 2.24 bits per heavy atom. The number of aromatic nitrogens is 2. The van der Waals surface area contributed by atoms with Gasteiger partial charge in [-0.25, -0.2) is 0 Å². The molecule has 1 aliphatic rings. The molecule has 1 saturated carbocycles. The summed E-state index contributed by atoms with van der Waals surface area (Å²) in [5.41, 5.74) is 2.54. The second-order valence-corrected chi connectivity index (χ2v) is 6.36. The Morgan fingerprint density at radius 1 is 1.53 bits per heavy atom. The summed E-state index contributed by atoms with van der Waals surface area (Å²) in [7, 11) is 0. The van der Waals surface area contributed by atoms with E-state index in [1.54, 1.807) is 0 Å². The number of hydrogen-bond acceptors (Lipinski definition) is 1. The number of aromatic amines is 1. The lowest BCUT2D eigenvalue weighted by atomic mass is 10.1. The predicted octanol–water partition coefficient (Wildman–Crippen LogP) is 4.40. The van der Waals surface area contributed by atoms with Gasteiger partial charge in [0.15, 0.2) is 4.77 Å². The van der Waals surface area contributed by atoms with E-state index in [4.69, 9.17) is 23.8 Å². The molecule has 0 bridgehead atoms. The van der Waals surface area contributed by atoms with E-state index in [0.717, 1.165) is 33.3 Å². The van der Waals surface area contributed by atoms with Gasteiger partial charge in [-0.1, -0.05) is 31.5 Å². The minimum absolute atomic E-state index is 0.469. The average Bonchev–Trinajstić information content (AvgIpc) is 2.71. The molecule has 0 radical (unpaired) electrons. The molecule has 1 N–H and O–H groups in total. The van der Waals surface area contributed by atoms with Gasteiger partial charge in [0.1, 0.15) is 0 Å². The van der Waals surface area contributed by atoms with Crippen molar-refractivity contribution in [2.75, 3.05) is 0 Å². The quantitative estimate of drug-likeness (QED) is 0.799. The molecule has 90 valence electrons. The first-order valence-electron chi connectivity index (χ1n) is 5.86. The Hall–Kier alpha value is -0.800. The smallest absolute Gasteiger partial charge is 0.178 e. The number of para-hydroxylation sites is 1. The minimum Gasteiger partial charge on any atom is -0.329 e. The van der Waals surface area contributed by atoms with Gasteiger partial charge >= 0.3 is 0 Å². The molecule has 4 heteroatoms. The Bertz CT molecular complexity index is 638. The summed E-state index contributed by atoms with van der Waals surface area (Å²) in [6.45, 7) is 5.61. The maximum absolute atomic E-state index is 6.16. The summed E-state index contributed by atoms with van der Waals surface area (Å²) < 4.78 is 2.95. The van der Waals surface area contributed by atoms with Gasteiger partial charge in [-0.3, -0.25) is 0 Å². The van der Waals surface area contributed by atoms with Crippen LogP contribution in [0.4, 0.5) is 0 Å². The van der Waals surface area contributed by atoms with E-state index in [2.05, 4.69) is 29.5 Å². The normalized spacial score (nSPS) is 21.9. The van der Waals surface area contributed by atoms with Crippen LogP contribution in [0.2, 0.25) is 5.02 Å². The van der Waals surface area contributed by atoms with E-state index in [9.17, 15) is 0 Å². The van der Waals surface area contributed by atoms with Crippen molar-refractivity contribution >= 4 is 34.9 Å². The molecule has 0 amide bonds. The number of hydrogen-bond donors (Lipinski definition) is 1. The molecule has 1 aliphatic carbocycles. The Balaban J connectivity index is 2.07. The van der Waals surface area contributed by atoms with E-state index in [1.165, 1.54) is 6.42 Å². The zero-order valence-electron chi connectivity index (χ0n) is 9.96. The van der Waals surface area contributed by atoms with E-state index < -0.39 is 0 Å². The molecule has 1 atom stereocenters. The molecule has 3 rings (SSSR count). The zero-order chi connectivity index (χ0) is 12.2. The number of fused-ring (bicyclic) bond motifs is 1. The number of nitrogens with one attached hydrogen (secondary N) is 1. The van der Waals surface area contributed by atoms with Crippen LogP contribution in [-0.2, 0) is 6.54 Å². The Labute approximate surface area is 111 Å². The lowest BCUT2D eigenvalue weighted by molar-refractivity contribution is 0.502. The van der Waals surface area contributed by atoms with Crippen molar-refractivity contribution in [3.63, 3.8) is 0 Å². The van der Waals surface area contributed by atoms with Crippen molar-refractivity contribution in [3.05, 3.63) is 28.0 Å². The van der Waals surface area contributed by atoms with Gasteiger partial charge in [0.2, 0.25) is 0 Å². The molecule has 17 heavy (non-hydrogen) atoms. The fourth-order valence-electron chi connectivity index (χ4n) is 2.43. The maximum atomic E-state index is 6.16. The summed E-state index contributed by atoms with van der Waals surface area (Å²) in [6, 6.07) is 5.94. The van der Waals surface area contributed by atoms with Crippen molar-refractivity contribution in [1.82, 2.24) is 9.55 Å². The summed E-state index contributed by atoms with van der Waals surface area (Å²) in [4.78, 5) is 3.20. The van der Waals surface area contributed by atoms with Gasteiger partial charge in [-0.2, -0.15) is 0 Å². The van der Waals surface area contributed by atoms with Crippen molar-refractivity contribution in [1.29, 1.82) is 0 Å². The van der Waals surface area contributed by atoms with Crippen LogP contribution in [0.1, 0.15) is 20.3 Å². The molecular formula is C13H15ClN2S.